The quantitative estimate of drug-likeness (QED) is 0.634. The summed E-state index contributed by atoms with van der Waals surface area (Å²) in [7, 11) is 0. The predicted molar refractivity (Wildman–Crippen MR) is 112 cm³/mol. The van der Waals surface area contributed by atoms with Crippen LogP contribution < -0.4 is 16.4 Å². The van der Waals surface area contributed by atoms with Crippen LogP contribution in [0.2, 0.25) is 0 Å². The highest BCUT2D eigenvalue weighted by atomic mass is 16.2. The monoisotopic (exact) mass is 406 g/mol. The first-order valence-electron chi connectivity index (χ1n) is 10.2. The number of piperidine rings is 1. The molecule has 156 valence electrons. The Morgan fingerprint density at radius 3 is 2.60 bits per heavy atom. The van der Waals surface area contributed by atoms with Gasteiger partial charge in [-0.1, -0.05) is 36.4 Å². The number of nitrogens with two attached hydrogens (primary N) is 1. The molecule has 7 nitrogen and oxygen atoms in total. The van der Waals surface area contributed by atoms with E-state index < -0.39 is 6.04 Å². The van der Waals surface area contributed by atoms with Crippen molar-refractivity contribution >= 4 is 17.7 Å². The molecule has 0 aliphatic carbocycles. The Bertz CT molecular complexity index is 984. The minimum atomic E-state index is -0.591. The van der Waals surface area contributed by atoms with Crippen molar-refractivity contribution in [2.75, 3.05) is 0 Å². The van der Waals surface area contributed by atoms with E-state index in [4.69, 9.17) is 5.73 Å². The molecule has 2 aromatic rings. The summed E-state index contributed by atoms with van der Waals surface area (Å²) in [5.74, 6) is -0.811. The number of nitrogens with one attached hydrogen (secondary N) is 2. The van der Waals surface area contributed by atoms with Gasteiger partial charge in [0.25, 0.3) is 5.91 Å². The minimum absolute atomic E-state index is 0.0174. The van der Waals surface area contributed by atoms with Gasteiger partial charge in [0.1, 0.15) is 6.04 Å². The van der Waals surface area contributed by atoms with Crippen LogP contribution in [0.3, 0.4) is 0 Å². The number of rotatable bonds is 6. The van der Waals surface area contributed by atoms with Crippen LogP contribution in [0.1, 0.15) is 58.4 Å². The summed E-state index contributed by atoms with van der Waals surface area (Å²) in [6.07, 6.45) is 0.627. The van der Waals surface area contributed by atoms with Crippen LogP contribution in [0.5, 0.6) is 0 Å². The number of nitrogens with zero attached hydrogens (tertiary/aromatic N) is 1. The van der Waals surface area contributed by atoms with Crippen molar-refractivity contribution in [3.8, 4) is 0 Å². The fraction of sp³-hybridized carbons (Fsp3) is 0.348. The molecule has 4 N–H and O–H groups in total. The largest absolute Gasteiger partial charge is 0.324 e. The van der Waals surface area contributed by atoms with Gasteiger partial charge in [-0.3, -0.25) is 19.7 Å². The molecule has 0 saturated carbocycles. The number of hydrogen-bond acceptors (Lipinski definition) is 5. The Kier molecular flexibility index (Phi) is 5.65. The molecule has 7 heteroatoms. The van der Waals surface area contributed by atoms with E-state index in [9.17, 15) is 14.4 Å². The Morgan fingerprint density at radius 2 is 1.90 bits per heavy atom. The zero-order valence-corrected chi connectivity index (χ0v) is 17.0. The SMILES string of the molecule is C[C@@H](N)c1ccc(CNCc2cccc3c2CN(C2CCC(=O)NC2=O)C3=O)cc1. The van der Waals surface area contributed by atoms with Gasteiger partial charge in [0.15, 0.2) is 0 Å². The highest BCUT2D eigenvalue weighted by Gasteiger charge is 2.39. The first kappa shape index (κ1) is 20.3. The Morgan fingerprint density at radius 1 is 1.13 bits per heavy atom. The highest BCUT2D eigenvalue weighted by molar-refractivity contribution is 6.05. The van der Waals surface area contributed by atoms with Crippen molar-refractivity contribution in [2.45, 2.75) is 51.5 Å². The van der Waals surface area contributed by atoms with Gasteiger partial charge in [0, 0.05) is 37.7 Å². The van der Waals surface area contributed by atoms with Gasteiger partial charge in [0.05, 0.1) is 0 Å². The summed E-state index contributed by atoms with van der Waals surface area (Å²) in [5.41, 5.74) is 10.8. The molecule has 30 heavy (non-hydrogen) atoms. The predicted octanol–water partition coefficient (Wildman–Crippen LogP) is 1.76. The topological polar surface area (TPSA) is 105 Å². The van der Waals surface area contributed by atoms with Crippen molar-refractivity contribution < 1.29 is 14.4 Å². The summed E-state index contributed by atoms with van der Waals surface area (Å²) >= 11 is 0. The van der Waals surface area contributed by atoms with Gasteiger partial charge in [-0.15, -0.1) is 0 Å². The van der Waals surface area contributed by atoms with E-state index in [-0.39, 0.29) is 30.2 Å². The lowest BCUT2D eigenvalue weighted by Crippen LogP contribution is -2.52. The van der Waals surface area contributed by atoms with Crippen LogP contribution >= 0.6 is 0 Å². The molecule has 2 aliphatic heterocycles. The molecule has 4 rings (SSSR count). The van der Waals surface area contributed by atoms with Crippen LogP contribution in [0.25, 0.3) is 0 Å². The normalized spacial score (nSPS) is 19.6. The summed E-state index contributed by atoms with van der Waals surface area (Å²) in [6.45, 7) is 3.67. The Labute approximate surface area is 175 Å². The second-order valence-electron chi connectivity index (χ2n) is 7.98. The molecule has 2 atom stereocenters. The fourth-order valence-electron chi connectivity index (χ4n) is 4.10. The maximum Gasteiger partial charge on any atom is 0.255 e. The Hall–Kier alpha value is -3.03. The molecule has 0 aromatic heterocycles. The van der Waals surface area contributed by atoms with E-state index in [1.807, 2.05) is 31.2 Å². The third-order valence-electron chi connectivity index (χ3n) is 5.83. The number of carbonyl (C=O) groups excluding carboxylic acids is 3. The van der Waals surface area contributed by atoms with Crippen molar-refractivity contribution in [1.29, 1.82) is 0 Å². The van der Waals surface area contributed by atoms with E-state index in [0.717, 1.165) is 22.3 Å². The average molecular weight is 406 g/mol. The van der Waals surface area contributed by atoms with Crippen molar-refractivity contribution in [1.82, 2.24) is 15.5 Å². The number of hydrogen-bond donors (Lipinski definition) is 3. The van der Waals surface area contributed by atoms with Gasteiger partial charge in [-0.05, 0) is 41.7 Å². The van der Waals surface area contributed by atoms with Crippen LogP contribution in [0, 0.1) is 0 Å². The van der Waals surface area contributed by atoms with Gasteiger partial charge in [-0.25, -0.2) is 0 Å². The zero-order chi connectivity index (χ0) is 21.3. The second kappa shape index (κ2) is 8.38. The zero-order valence-electron chi connectivity index (χ0n) is 17.0. The lowest BCUT2D eigenvalue weighted by Gasteiger charge is -2.29. The number of imide groups is 1. The van der Waals surface area contributed by atoms with E-state index in [2.05, 4.69) is 22.8 Å². The minimum Gasteiger partial charge on any atom is -0.324 e. The second-order valence-corrected chi connectivity index (χ2v) is 7.98. The molecule has 0 spiro atoms. The van der Waals surface area contributed by atoms with Gasteiger partial charge in [-0.2, -0.15) is 0 Å². The lowest BCUT2D eigenvalue weighted by molar-refractivity contribution is -0.136. The van der Waals surface area contributed by atoms with Crippen LogP contribution in [-0.4, -0.2) is 28.7 Å². The van der Waals surface area contributed by atoms with E-state index in [1.54, 1.807) is 11.0 Å². The first-order chi connectivity index (χ1) is 14.4. The Balaban J connectivity index is 1.42. The van der Waals surface area contributed by atoms with Crippen molar-refractivity contribution in [3.05, 3.63) is 70.3 Å². The van der Waals surface area contributed by atoms with Gasteiger partial charge in [0.2, 0.25) is 11.8 Å². The standard InChI is InChI=1S/C23H26N4O3/c1-14(24)16-7-5-15(6-8-16)11-25-12-17-3-2-4-18-19(17)13-27(23(18)30)20-9-10-21(28)26-22(20)29/h2-8,14,20,25H,9-13,24H2,1H3,(H,26,28,29)/t14-,20?/m1/s1. The summed E-state index contributed by atoms with van der Waals surface area (Å²) in [6, 6.07) is 13.3. The van der Waals surface area contributed by atoms with E-state index in [1.165, 1.54) is 0 Å². The molecule has 2 aromatic carbocycles. The third kappa shape index (κ3) is 3.99. The number of amides is 3. The maximum absolute atomic E-state index is 12.9. The molecule has 2 aliphatic rings. The van der Waals surface area contributed by atoms with Crippen molar-refractivity contribution in [3.63, 3.8) is 0 Å². The van der Waals surface area contributed by atoms with E-state index >= 15 is 0 Å². The van der Waals surface area contributed by atoms with E-state index in [0.29, 0.717) is 31.6 Å². The van der Waals surface area contributed by atoms with Gasteiger partial charge < -0.3 is 16.0 Å². The first-order valence-corrected chi connectivity index (χ1v) is 10.2. The molecule has 2 heterocycles. The van der Waals surface area contributed by atoms with Crippen LogP contribution in [-0.2, 0) is 29.2 Å². The molecule has 0 radical (unpaired) electrons. The molecule has 1 fully saturated rings. The fourth-order valence-corrected chi connectivity index (χ4v) is 4.10. The highest BCUT2D eigenvalue weighted by Crippen LogP contribution is 2.29. The summed E-state index contributed by atoms with van der Waals surface area (Å²) < 4.78 is 0. The summed E-state index contributed by atoms with van der Waals surface area (Å²) in [5, 5.41) is 5.77. The summed E-state index contributed by atoms with van der Waals surface area (Å²) in [4.78, 5) is 38.1. The van der Waals surface area contributed by atoms with Crippen LogP contribution in [0.15, 0.2) is 42.5 Å². The molecule has 1 unspecified atom stereocenters. The molecular weight excluding hydrogens is 380 g/mol. The van der Waals surface area contributed by atoms with Crippen molar-refractivity contribution in [2.24, 2.45) is 5.73 Å². The molecule has 1 saturated heterocycles. The molecule has 3 amide bonds. The third-order valence-corrected chi connectivity index (χ3v) is 5.83. The number of fused-ring (bicyclic) bond motifs is 1. The molecular formula is C23H26N4O3. The van der Waals surface area contributed by atoms with Crippen LogP contribution in [0.4, 0.5) is 0 Å². The number of benzene rings is 2. The number of carbonyl (C=O) groups is 3. The smallest absolute Gasteiger partial charge is 0.255 e. The van der Waals surface area contributed by atoms with Gasteiger partial charge >= 0.3 is 0 Å². The molecule has 0 bridgehead atoms. The average Bonchev–Trinajstić information content (AvgIpc) is 3.06. The maximum atomic E-state index is 12.9. The lowest BCUT2D eigenvalue weighted by atomic mass is 10.0.